The fourth-order valence-electron chi connectivity index (χ4n) is 12.7. The van der Waals surface area contributed by atoms with E-state index in [0.29, 0.717) is 87.5 Å². The number of fused-ring (bicyclic) bond motifs is 7. The van der Waals surface area contributed by atoms with Gasteiger partial charge in [-0.25, -0.2) is 9.59 Å². The molecule has 8 rings (SSSR count). The maximum Gasteiger partial charge on any atom is 0.410 e. The lowest BCUT2D eigenvalue weighted by atomic mass is 9.78. The molecular weight excluding hydrogens is 1340 g/mol. The average molecular weight is 1430 g/mol. The number of carbonyl (C=O) groups is 8. The minimum atomic E-state index is -1.66. The van der Waals surface area contributed by atoms with Crippen LogP contribution in [-0.4, -0.2) is 178 Å². The number of esters is 2. The first kappa shape index (κ1) is 79.2. The Morgan fingerprint density at radius 2 is 1.45 bits per heavy atom. The van der Waals surface area contributed by atoms with Crippen molar-refractivity contribution in [2.45, 2.75) is 173 Å². The van der Waals surface area contributed by atoms with Crippen LogP contribution in [0.3, 0.4) is 0 Å². The number of nitro benzene ring substituents is 1. The fourth-order valence-corrected chi connectivity index (χ4v) is 12.9. The summed E-state index contributed by atoms with van der Waals surface area (Å²) in [5.41, 5.74) is 3.44. The monoisotopic (exact) mass is 1430 g/mol. The zero-order chi connectivity index (χ0) is 73.7. The van der Waals surface area contributed by atoms with E-state index >= 15 is 0 Å². The summed E-state index contributed by atoms with van der Waals surface area (Å²) >= 11 is 6.86. The van der Waals surface area contributed by atoms with E-state index in [9.17, 15) is 53.6 Å². The van der Waals surface area contributed by atoms with Crippen molar-refractivity contribution in [3.8, 4) is 11.8 Å². The predicted octanol–water partition coefficient (Wildman–Crippen LogP) is 10.2. The molecule has 0 aromatic heterocycles. The summed E-state index contributed by atoms with van der Waals surface area (Å²) < 4.78 is 52.0. The Kier molecular flexibility index (Phi) is 29.2. The number of carbonyl (C=O) groups excluding carboxylic acids is 8. The molecule has 0 saturated carbocycles. The van der Waals surface area contributed by atoms with Gasteiger partial charge in [0.25, 0.3) is 5.69 Å². The molecule has 4 aromatic carbocycles. The smallest absolute Gasteiger partial charge is 0.410 e. The zero-order valence-corrected chi connectivity index (χ0v) is 60.1. The first-order valence-electron chi connectivity index (χ1n) is 34.5. The number of anilines is 2. The summed E-state index contributed by atoms with van der Waals surface area (Å²) in [6, 6.07) is 21.5. The van der Waals surface area contributed by atoms with Crippen molar-refractivity contribution in [1.29, 1.82) is 0 Å². The van der Waals surface area contributed by atoms with Crippen LogP contribution in [0.15, 0.2) is 103 Å². The van der Waals surface area contributed by atoms with Gasteiger partial charge in [-0.2, -0.15) is 0 Å². The Bertz CT molecular complexity index is 3830. The van der Waals surface area contributed by atoms with E-state index in [0.717, 1.165) is 38.4 Å². The summed E-state index contributed by atoms with van der Waals surface area (Å²) in [6.45, 7) is 10.9. The number of benzene rings is 4. The first-order valence-corrected chi connectivity index (χ1v) is 34.9. The number of rotatable bonds is 32. The van der Waals surface area contributed by atoms with Gasteiger partial charge in [-0.05, 0) is 105 Å². The number of aliphatic hydroxyl groups is 1. The molecule has 2 saturated heterocycles. The van der Waals surface area contributed by atoms with Gasteiger partial charge in [0.1, 0.15) is 59.5 Å². The number of likely N-dealkylation sites (N-methyl/N-ethyl adjacent to an activating group) is 1. The number of hydrogen-bond acceptors (Lipinski definition) is 20. The third-order valence-electron chi connectivity index (χ3n) is 18.9. The highest BCUT2D eigenvalue weighted by molar-refractivity contribution is 6.34. The number of nitro groups is 1. The zero-order valence-electron chi connectivity index (χ0n) is 59.3. The summed E-state index contributed by atoms with van der Waals surface area (Å²) in [7, 11) is 4.31. The highest BCUT2D eigenvalue weighted by Gasteiger charge is 2.64. The lowest BCUT2D eigenvalue weighted by Gasteiger charge is -2.41. The van der Waals surface area contributed by atoms with Crippen molar-refractivity contribution in [1.82, 2.24) is 4.90 Å². The van der Waals surface area contributed by atoms with Crippen LogP contribution in [0.1, 0.15) is 137 Å². The molecule has 4 aliphatic heterocycles. The van der Waals surface area contributed by atoms with Crippen molar-refractivity contribution in [2.24, 2.45) is 5.92 Å². The largest absolute Gasteiger partial charge is 0.462 e. The summed E-state index contributed by atoms with van der Waals surface area (Å²) in [6.07, 6.45) is 1.42. The van der Waals surface area contributed by atoms with Gasteiger partial charge >= 0.3 is 18.0 Å². The Balaban J connectivity index is 0.719. The van der Waals surface area contributed by atoms with Crippen LogP contribution in [0.25, 0.3) is 0 Å². The van der Waals surface area contributed by atoms with Crippen molar-refractivity contribution < 1.29 is 91.0 Å². The first-order chi connectivity index (χ1) is 48.8. The molecule has 25 heteroatoms. The summed E-state index contributed by atoms with van der Waals surface area (Å²) in [5.74, 6) is 3.14. The quantitative estimate of drug-likeness (QED) is 0.00904. The number of amides is 3. The second-order valence-corrected chi connectivity index (χ2v) is 26.9. The van der Waals surface area contributed by atoms with Gasteiger partial charge < -0.3 is 57.5 Å². The van der Waals surface area contributed by atoms with Crippen molar-refractivity contribution >= 4 is 75.9 Å². The topological polar surface area (TPSA) is 296 Å². The van der Waals surface area contributed by atoms with Crippen LogP contribution in [0.5, 0.6) is 0 Å². The number of aryl methyl sites for hydroxylation is 1. The number of methoxy groups -OCH3 is 1. The van der Waals surface area contributed by atoms with Gasteiger partial charge in [0.15, 0.2) is 0 Å². The Morgan fingerprint density at radius 1 is 0.804 bits per heavy atom. The van der Waals surface area contributed by atoms with Crippen LogP contribution >= 0.6 is 11.6 Å². The molecule has 0 spiro atoms. The molecule has 8 atom stereocenters. The average Bonchev–Trinajstić information content (AvgIpc) is 1.56. The van der Waals surface area contributed by atoms with Crippen LogP contribution in [-0.2, 0) is 102 Å². The van der Waals surface area contributed by atoms with Gasteiger partial charge in [-0.15, -0.1) is 0 Å². The van der Waals surface area contributed by atoms with E-state index in [1.165, 1.54) is 44.2 Å². The Labute approximate surface area is 600 Å². The van der Waals surface area contributed by atoms with Gasteiger partial charge in [0.2, 0.25) is 11.8 Å². The molecule has 102 heavy (non-hydrogen) atoms. The number of nitrogens with zero attached hydrogens (tertiary/aromatic N) is 4. The Morgan fingerprint density at radius 3 is 2.17 bits per heavy atom. The second kappa shape index (κ2) is 37.6. The minimum Gasteiger partial charge on any atom is -0.462 e. The molecule has 24 nitrogen and oxygen atoms in total. The van der Waals surface area contributed by atoms with Crippen LogP contribution in [0.4, 0.5) is 21.9 Å². The highest BCUT2D eigenvalue weighted by Crippen LogP contribution is 2.50. The number of hydrogen-bond donors (Lipinski definition) is 1. The van der Waals surface area contributed by atoms with Crippen molar-refractivity contribution in [2.75, 3.05) is 83.9 Å². The van der Waals surface area contributed by atoms with Gasteiger partial charge in [-0.3, -0.25) is 43.8 Å². The molecule has 0 unspecified atom stereocenters. The molecule has 4 bridgehead atoms. The van der Waals surface area contributed by atoms with Crippen molar-refractivity contribution in [3.05, 3.63) is 157 Å². The van der Waals surface area contributed by atoms with Gasteiger partial charge in [0, 0.05) is 108 Å². The molecule has 3 amide bonds. The lowest BCUT2D eigenvalue weighted by Crippen LogP contribution is -2.53. The molecule has 548 valence electrons. The standard InChI is InChI=1S/C77H93ClN4O20/c1-50-16-13-24-67(94-8)77(91)46-66(100-71(88)47-77)52(3)73-76(5,102-73)68(45-70(87)80(7)65-42-54(40-50)41-51(2)72(65)78)101-74(89)53(4)79(6)75(90)99-49-58-27-28-60(82(92)93)43-59(58)44-63(85)21-14-20-61(83)22-15-32-95-34-36-97-38-39-98-37-35-96-33-31-62(84)29-30-69(86)81-48-57-19-10-9-17-55(57)25-26-56-18-11-12-23-64(56)81/h9-13,16-19,23-24,27-28,41-43,52-53,66-68,73,91H,14-15,20-22,29-40,44-49H2,1-8H3/b24-13+,50-16+/t52-,53+,66+,67-,68+,73+,76+,77-/m1/s1. The maximum atomic E-state index is 14.4. The number of Topliss-reactive ketones (excluding diaryl/α,β-unsaturated/α-hetero) is 3. The number of allylic oxidation sites excluding steroid dienone is 3. The summed E-state index contributed by atoms with van der Waals surface area (Å²) in [5, 5.41) is 24.2. The highest BCUT2D eigenvalue weighted by atomic mass is 35.5. The SMILES string of the molecule is CO[C@@H]1/C=C/C=C(\C)Cc2cc(C)c(Cl)c(c2)N(C)C(=O)C[C@H](OC(=O)[C@H](C)N(C)C(=O)OCc2ccc([N+](=O)[O-])cc2CC(=O)CCCC(=O)CCCOCCOCCOCCOCCC(=O)CCC(=O)N2Cc3ccccc3C#Cc3ccccc32)[C@]2(C)O[C@H]2[C@H](C)[C@@H]2C[C@@]1(O)CC(=O)O2. The third-order valence-corrected chi connectivity index (χ3v) is 19.4. The van der Waals surface area contributed by atoms with Gasteiger partial charge in [0.05, 0.1) is 93.1 Å². The molecule has 2 fully saturated rings. The van der Waals surface area contributed by atoms with Crippen LogP contribution < -0.4 is 9.80 Å². The van der Waals surface area contributed by atoms with E-state index in [4.69, 9.17) is 54.2 Å². The normalized spacial score (nSPS) is 22.1. The molecular formula is C77H93ClN4O20. The molecule has 0 radical (unpaired) electrons. The van der Waals surface area contributed by atoms with Crippen molar-refractivity contribution in [3.63, 3.8) is 0 Å². The lowest BCUT2D eigenvalue weighted by molar-refractivity contribution is -0.384. The molecule has 4 aliphatic rings. The number of ether oxygens (including phenoxy) is 9. The molecule has 0 aliphatic carbocycles. The fraction of sp³-hybridized carbons (Fsp3) is 0.506. The van der Waals surface area contributed by atoms with E-state index in [-0.39, 0.29) is 105 Å². The summed E-state index contributed by atoms with van der Waals surface area (Å²) in [4.78, 5) is 123. The van der Waals surface area contributed by atoms with Gasteiger partial charge in [-0.1, -0.05) is 90.6 Å². The second-order valence-electron chi connectivity index (χ2n) is 26.6. The Hall–Kier alpha value is -8.51. The van der Waals surface area contributed by atoms with E-state index in [2.05, 4.69) is 11.8 Å². The number of para-hydroxylation sites is 1. The number of non-ortho nitro benzene ring substituents is 1. The van der Waals surface area contributed by atoms with E-state index in [1.54, 1.807) is 37.9 Å². The molecule has 4 aromatic rings. The number of epoxide rings is 1. The van der Waals surface area contributed by atoms with Crippen LogP contribution in [0, 0.1) is 34.8 Å². The molecule has 1 N–H and O–H groups in total. The van der Waals surface area contributed by atoms with E-state index < -0.39 is 89.5 Å². The minimum absolute atomic E-state index is 0.00452. The van der Waals surface area contributed by atoms with Crippen LogP contribution in [0.2, 0.25) is 5.02 Å². The third kappa shape index (κ3) is 22.0. The predicted molar refractivity (Wildman–Crippen MR) is 377 cm³/mol. The van der Waals surface area contributed by atoms with E-state index in [1.807, 2.05) is 80.6 Å². The number of halogens is 1. The number of ketones is 3. The molecule has 4 heterocycles. The maximum absolute atomic E-state index is 14.4.